The zero-order valence-electron chi connectivity index (χ0n) is 11.7. The van der Waals surface area contributed by atoms with Gasteiger partial charge in [0.2, 0.25) is 0 Å². The molecule has 1 rings (SSSR count). The van der Waals surface area contributed by atoms with Gasteiger partial charge in [0, 0.05) is 6.61 Å². The number of carbonyl (C=O) groups is 1. The van der Waals surface area contributed by atoms with Crippen LogP contribution in [0.25, 0.3) is 0 Å². The molecule has 18 heavy (non-hydrogen) atoms. The van der Waals surface area contributed by atoms with Crippen LogP contribution in [0.1, 0.15) is 58.3 Å². The lowest BCUT2D eigenvalue weighted by Crippen LogP contribution is -2.47. The Kier molecular flexibility index (Phi) is 6.65. The molecule has 1 unspecified atom stereocenters. The second-order valence-corrected chi connectivity index (χ2v) is 5.48. The summed E-state index contributed by atoms with van der Waals surface area (Å²) in [5.74, 6) is -0.779. The maximum atomic E-state index is 11.1. The Balaban J connectivity index is 2.08. The van der Waals surface area contributed by atoms with Crippen molar-refractivity contribution in [3.05, 3.63) is 0 Å². The predicted molar refractivity (Wildman–Crippen MR) is 71.8 cm³/mol. The minimum absolute atomic E-state index is 0.453. The lowest BCUT2D eigenvalue weighted by Gasteiger charge is -2.25. The van der Waals surface area contributed by atoms with E-state index in [1.54, 1.807) is 14.0 Å². The maximum Gasteiger partial charge on any atom is 0.323 e. The Hall–Kier alpha value is -0.610. The Bertz CT molecular complexity index is 251. The van der Waals surface area contributed by atoms with Gasteiger partial charge in [0.25, 0.3) is 0 Å². The molecule has 0 aliphatic heterocycles. The topological polar surface area (TPSA) is 58.6 Å². The Morgan fingerprint density at radius 2 is 2.00 bits per heavy atom. The lowest BCUT2D eigenvalue weighted by molar-refractivity contribution is -0.144. The van der Waals surface area contributed by atoms with Crippen molar-refractivity contribution in [2.24, 2.45) is 0 Å². The van der Waals surface area contributed by atoms with Crippen LogP contribution in [-0.2, 0) is 9.53 Å². The fourth-order valence-electron chi connectivity index (χ4n) is 2.40. The van der Waals surface area contributed by atoms with Gasteiger partial charge in [0.1, 0.15) is 5.54 Å². The van der Waals surface area contributed by atoms with Crippen LogP contribution in [-0.4, -0.2) is 36.4 Å². The van der Waals surface area contributed by atoms with Crippen LogP contribution in [0.15, 0.2) is 0 Å². The van der Waals surface area contributed by atoms with Crippen LogP contribution >= 0.6 is 0 Å². The number of carboxylic acids is 1. The van der Waals surface area contributed by atoms with Crippen LogP contribution in [0.4, 0.5) is 0 Å². The van der Waals surface area contributed by atoms with Crippen molar-refractivity contribution in [1.82, 2.24) is 5.32 Å². The molecule has 0 aromatic heterocycles. The van der Waals surface area contributed by atoms with Gasteiger partial charge in [-0.3, -0.25) is 4.79 Å². The molecular formula is C14H27NO3. The SMILES string of the molecule is CNC(C)(CCCCOC1CCCCC1)C(=O)O. The van der Waals surface area contributed by atoms with Crippen molar-refractivity contribution >= 4 is 5.97 Å². The minimum Gasteiger partial charge on any atom is -0.480 e. The van der Waals surface area contributed by atoms with Crippen LogP contribution in [0.3, 0.4) is 0 Å². The molecule has 0 aromatic rings. The number of likely N-dealkylation sites (N-methyl/N-ethyl adjacent to an activating group) is 1. The summed E-state index contributed by atoms with van der Waals surface area (Å²) in [6, 6.07) is 0. The molecule has 1 saturated carbocycles. The summed E-state index contributed by atoms with van der Waals surface area (Å²) in [5, 5.41) is 12.0. The molecule has 4 nitrogen and oxygen atoms in total. The Morgan fingerprint density at radius 3 is 2.56 bits per heavy atom. The summed E-state index contributed by atoms with van der Waals surface area (Å²) in [5.41, 5.74) is -0.801. The van der Waals surface area contributed by atoms with E-state index in [0.29, 0.717) is 12.5 Å². The first kappa shape index (κ1) is 15.4. The smallest absolute Gasteiger partial charge is 0.323 e. The van der Waals surface area contributed by atoms with Crippen LogP contribution in [0.2, 0.25) is 0 Å². The standard InChI is InChI=1S/C14H27NO3/c1-14(15-2,13(16)17)10-6-7-11-18-12-8-4-3-5-9-12/h12,15H,3-11H2,1-2H3,(H,16,17). The van der Waals surface area contributed by atoms with Crippen LogP contribution in [0.5, 0.6) is 0 Å². The van der Waals surface area contributed by atoms with Crippen molar-refractivity contribution in [2.45, 2.75) is 69.9 Å². The molecule has 0 bridgehead atoms. The van der Waals surface area contributed by atoms with Crippen molar-refractivity contribution in [3.63, 3.8) is 0 Å². The van der Waals surface area contributed by atoms with E-state index in [0.717, 1.165) is 19.4 Å². The van der Waals surface area contributed by atoms with Gasteiger partial charge in [0.15, 0.2) is 0 Å². The molecule has 4 heteroatoms. The van der Waals surface area contributed by atoms with E-state index in [-0.39, 0.29) is 0 Å². The first-order chi connectivity index (χ1) is 8.58. The normalized spacial score (nSPS) is 20.6. The van der Waals surface area contributed by atoms with E-state index < -0.39 is 11.5 Å². The van der Waals surface area contributed by atoms with E-state index in [9.17, 15) is 4.79 Å². The van der Waals surface area contributed by atoms with Gasteiger partial charge in [-0.25, -0.2) is 0 Å². The highest BCUT2D eigenvalue weighted by molar-refractivity contribution is 5.78. The molecule has 0 radical (unpaired) electrons. The highest BCUT2D eigenvalue weighted by atomic mass is 16.5. The third-order valence-corrected chi connectivity index (χ3v) is 4.00. The summed E-state index contributed by atoms with van der Waals surface area (Å²) in [4.78, 5) is 11.1. The predicted octanol–water partition coefficient (Wildman–Crippen LogP) is 2.57. The largest absolute Gasteiger partial charge is 0.480 e. The number of ether oxygens (including phenoxy) is 1. The monoisotopic (exact) mass is 257 g/mol. The van der Waals surface area contributed by atoms with Gasteiger partial charge in [-0.05, 0) is 46.1 Å². The first-order valence-corrected chi connectivity index (χ1v) is 7.12. The summed E-state index contributed by atoms with van der Waals surface area (Å²) in [6.45, 7) is 2.50. The van der Waals surface area contributed by atoms with Crippen molar-refractivity contribution in [1.29, 1.82) is 0 Å². The third kappa shape index (κ3) is 4.94. The van der Waals surface area contributed by atoms with Crippen LogP contribution in [0, 0.1) is 0 Å². The fraction of sp³-hybridized carbons (Fsp3) is 0.929. The number of carboxylic acid groups (broad SMARTS) is 1. The number of rotatable bonds is 8. The van der Waals surface area contributed by atoms with E-state index in [2.05, 4.69) is 5.32 Å². The molecule has 1 fully saturated rings. The first-order valence-electron chi connectivity index (χ1n) is 7.12. The molecular weight excluding hydrogens is 230 g/mol. The van der Waals surface area contributed by atoms with Gasteiger partial charge in [0.05, 0.1) is 6.10 Å². The second-order valence-electron chi connectivity index (χ2n) is 5.48. The molecule has 0 amide bonds. The summed E-state index contributed by atoms with van der Waals surface area (Å²) >= 11 is 0. The number of hydrogen-bond acceptors (Lipinski definition) is 3. The fourth-order valence-corrected chi connectivity index (χ4v) is 2.40. The van der Waals surface area contributed by atoms with Gasteiger partial charge in [-0.15, -0.1) is 0 Å². The molecule has 1 aliphatic carbocycles. The average molecular weight is 257 g/mol. The van der Waals surface area contributed by atoms with Gasteiger partial charge < -0.3 is 15.2 Å². The minimum atomic E-state index is -0.801. The van der Waals surface area contributed by atoms with E-state index in [1.807, 2.05) is 0 Å². The van der Waals surface area contributed by atoms with E-state index in [4.69, 9.17) is 9.84 Å². The number of nitrogens with one attached hydrogen (secondary N) is 1. The highest BCUT2D eigenvalue weighted by Gasteiger charge is 2.30. The zero-order chi connectivity index (χ0) is 13.4. The summed E-state index contributed by atoms with van der Waals surface area (Å²) in [6.07, 6.45) is 9.26. The van der Waals surface area contributed by atoms with Crippen molar-refractivity contribution in [3.8, 4) is 0 Å². The average Bonchev–Trinajstić information content (AvgIpc) is 2.39. The Morgan fingerprint density at radius 1 is 1.33 bits per heavy atom. The molecule has 0 heterocycles. The molecule has 0 saturated heterocycles. The molecule has 106 valence electrons. The maximum absolute atomic E-state index is 11.1. The van der Waals surface area contributed by atoms with Crippen LogP contribution < -0.4 is 5.32 Å². The van der Waals surface area contributed by atoms with Gasteiger partial charge >= 0.3 is 5.97 Å². The number of aliphatic carboxylic acids is 1. The molecule has 1 aliphatic rings. The lowest BCUT2D eigenvalue weighted by atomic mass is 9.95. The third-order valence-electron chi connectivity index (χ3n) is 4.00. The van der Waals surface area contributed by atoms with E-state index in [1.165, 1.54) is 32.1 Å². The molecule has 2 N–H and O–H groups in total. The molecule has 0 spiro atoms. The van der Waals surface area contributed by atoms with Gasteiger partial charge in [-0.1, -0.05) is 19.3 Å². The van der Waals surface area contributed by atoms with E-state index >= 15 is 0 Å². The highest BCUT2D eigenvalue weighted by Crippen LogP contribution is 2.21. The Labute approximate surface area is 110 Å². The zero-order valence-corrected chi connectivity index (χ0v) is 11.7. The quantitative estimate of drug-likeness (QED) is 0.656. The van der Waals surface area contributed by atoms with Crippen molar-refractivity contribution < 1.29 is 14.6 Å². The van der Waals surface area contributed by atoms with Crippen molar-refractivity contribution in [2.75, 3.05) is 13.7 Å². The number of unbranched alkanes of at least 4 members (excludes halogenated alkanes) is 1. The summed E-state index contributed by atoms with van der Waals surface area (Å²) in [7, 11) is 1.70. The van der Waals surface area contributed by atoms with Gasteiger partial charge in [-0.2, -0.15) is 0 Å². The second kappa shape index (κ2) is 7.74. The number of hydrogen-bond donors (Lipinski definition) is 2. The summed E-state index contributed by atoms with van der Waals surface area (Å²) < 4.78 is 5.82. The molecule has 0 aromatic carbocycles. The molecule has 1 atom stereocenters.